The number of para-hydroxylation sites is 2. The zero-order valence-electron chi connectivity index (χ0n) is 25.0. The number of Topliss-reactive ketones (excluding diaryl/α,β-unsaturated/α-hetero) is 4. The van der Waals surface area contributed by atoms with Crippen molar-refractivity contribution < 1.29 is 28.7 Å². The highest BCUT2D eigenvalue weighted by Gasteiger charge is 2.52. The lowest BCUT2D eigenvalue weighted by Crippen LogP contribution is -2.59. The van der Waals surface area contributed by atoms with E-state index in [2.05, 4.69) is 10.6 Å². The van der Waals surface area contributed by atoms with E-state index in [9.17, 15) is 19.2 Å². The van der Waals surface area contributed by atoms with Gasteiger partial charge in [0.2, 0.25) is 0 Å². The first-order valence-electron chi connectivity index (χ1n) is 14.4. The Hall–Kier alpha value is -3.36. The third-order valence-electron chi connectivity index (χ3n) is 8.16. The summed E-state index contributed by atoms with van der Waals surface area (Å²) in [5, 5.41) is 6.24. The summed E-state index contributed by atoms with van der Waals surface area (Å²) in [6.07, 6.45) is 0.0965. The Morgan fingerprint density at radius 3 is 1.22 bits per heavy atom. The molecule has 2 aromatic carbocycles. The Bertz CT molecular complexity index is 1150. The molecule has 2 aromatic rings. The zero-order valence-corrected chi connectivity index (χ0v) is 25.0. The molecule has 2 atom stereocenters. The summed E-state index contributed by atoms with van der Waals surface area (Å²) in [4.78, 5) is 52.7. The molecule has 0 aromatic heterocycles. The predicted octanol–water partition coefficient (Wildman–Crippen LogP) is 3.92. The Balaban J connectivity index is 1.30. The van der Waals surface area contributed by atoms with Crippen LogP contribution in [0, 0.1) is 33.1 Å². The summed E-state index contributed by atoms with van der Waals surface area (Å²) in [6.45, 7) is 12.2. The van der Waals surface area contributed by atoms with Gasteiger partial charge in [-0.3, -0.25) is 29.8 Å². The van der Waals surface area contributed by atoms with Crippen molar-refractivity contribution in [3.8, 4) is 11.5 Å². The van der Waals surface area contributed by atoms with Gasteiger partial charge in [-0.25, -0.2) is 0 Å². The summed E-state index contributed by atoms with van der Waals surface area (Å²) in [5.41, 5.74) is 3.14. The van der Waals surface area contributed by atoms with Crippen molar-refractivity contribution in [1.82, 2.24) is 10.6 Å². The van der Waals surface area contributed by atoms with E-state index in [1.54, 1.807) is 0 Å². The fraction of sp³-hybridized carbons (Fsp3) is 0.515. The van der Waals surface area contributed by atoms with Gasteiger partial charge in [0, 0.05) is 37.8 Å². The van der Waals surface area contributed by atoms with E-state index in [1.165, 1.54) is 0 Å². The van der Waals surface area contributed by atoms with Crippen molar-refractivity contribution in [2.75, 3.05) is 13.2 Å². The molecule has 0 aliphatic heterocycles. The maximum absolute atomic E-state index is 13.2. The molecule has 8 heteroatoms. The minimum atomic E-state index is -0.958. The third-order valence-corrected chi connectivity index (χ3v) is 8.16. The Kier molecular flexibility index (Phi) is 9.44. The van der Waals surface area contributed by atoms with Crippen LogP contribution in [0.4, 0.5) is 0 Å². The summed E-state index contributed by atoms with van der Waals surface area (Å²) >= 11 is 0. The second kappa shape index (κ2) is 12.7. The lowest BCUT2D eigenvalue weighted by molar-refractivity contribution is -0.145. The van der Waals surface area contributed by atoms with Gasteiger partial charge in [-0.15, -0.1) is 0 Å². The monoisotopic (exact) mass is 562 g/mol. The number of rotatable bonds is 10. The van der Waals surface area contributed by atoms with E-state index >= 15 is 0 Å². The van der Waals surface area contributed by atoms with Gasteiger partial charge in [-0.2, -0.15) is 0 Å². The summed E-state index contributed by atoms with van der Waals surface area (Å²) in [5.74, 6) is 0.500. The number of ketones is 4. The highest BCUT2D eigenvalue weighted by molar-refractivity contribution is 6.13. The van der Waals surface area contributed by atoms with Gasteiger partial charge in [0.25, 0.3) is 0 Å². The second-order valence-electron chi connectivity index (χ2n) is 12.1. The van der Waals surface area contributed by atoms with Crippen LogP contribution >= 0.6 is 0 Å². The molecule has 4 rings (SSSR count). The molecule has 41 heavy (non-hydrogen) atoms. The normalized spacial score (nSPS) is 24.4. The van der Waals surface area contributed by atoms with Gasteiger partial charge in [0.1, 0.15) is 36.8 Å². The minimum absolute atomic E-state index is 0.0241. The molecule has 0 heterocycles. The molecule has 0 amide bonds. The highest BCUT2D eigenvalue weighted by Crippen LogP contribution is 2.43. The lowest BCUT2D eigenvalue weighted by atomic mass is 9.62. The Morgan fingerprint density at radius 1 is 0.634 bits per heavy atom. The standard InChI is InChI=1S/C33H42N2O6/c1-19-9-7-10-20(2)31(19)40-17-23(5)34-29-25(36)13-33(14-26(29)37)15-27(38)30(28(39)16-33)35-24(6)18-41-32-21(3)11-8-12-22(32)4/h7-12,23-24,29-30,34-35H,13-18H2,1-6H3. The first-order chi connectivity index (χ1) is 19.4. The number of carbonyl (C=O) groups is 4. The molecule has 2 fully saturated rings. The molecule has 2 saturated carbocycles. The largest absolute Gasteiger partial charge is 0.491 e. The fourth-order valence-electron chi connectivity index (χ4n) is 6.13. The van der Waals surface area contributed by atoms with Crippen molar-refractivity contribution in [3.05, 3.63) is 58.7 Å². The predicted molar refractivity (Wildman–Crippen MR) is 157 cm³/mol. The lowest BCUT2D eigenvalue weighted by Gasteiger charge is -2.42. The van der Waals surface area contributed by atoms with E-state index in [0.717, 1.165) is 33.8 Å². The van der Waals surface area contributed by atoms with Crippen LogP contribution < -0.4 is 20.1 Å². The molecule has 2 unspecified atom stereocenters. The molecule has 2 N–H and O–H groups in total. The van der Waals surface area contributed by atoms with E-state index < -0.39 is 17.5 Å². The van der Waals surface area contributed by atoms with Crippen molar-refractivity contribution >= 4 is 23.1 Å². The van der Waals surface area contributed by atoms with Gasteiger partial charge >= 0.3 is 0 Å². The van der Waals surface area contributed by atoms with Crippen LogP contribution in [0.25, 0.3) is 0 Å². The molecule has 0 radical (unpaired) electrons. The molecule has 2 aliphatic rings. The van der Waals surface area contributed by atoms with Crippen LogP contribution in [0.15, 0.2) is 36.4 Å². The average molecular weight is 563 g/mol. The Labute approximate surface area is 242 Å². The van der Waals surface area contributed by atoms with Crippen LogP contribution in [0.1, 0.15) is 61.8 Å². The molecule has 0 saturated heterocycles. The van der Waals surface area contributed by atoms with Crippen LogP contribution in [0.5, 0.6) is 11.5 Å². The minimum Gasteiger partial charge on any atom is -0.491 e. The summed E-state index contributed by atoms with van der Waals surface area (Å²) in [6, 6.07) is 9.41. The second-order valence-corrected chi connectivity index (χ2v) is 12.1. The summed E-state index contributed by atoms with van der Waals surface area (Å²) < 4.78 is 12.0. The average Bonchev–Trinajstić information content (AvgIpc) is 2.88. The first kappa shape index (κ1) is 30.6. The molecule has 8 nitrogen and oxygen atoms in total. The highest BCUT2D eigenvalue weighted by atomic mass is 16.5. The number of hydrogen-bond donors (Lipinski definition) is 2. The molecule has 0 bridgehead atoms. The quantitative estimate of drug-likeness (QED) is 0.420. The van der Waals surface area contributed by atoms with Gasteiger partial charge < -0.3 is 9.47 Å². The van der Waals surface area contributed by atoms with E-state index in [1.807, 2.05) is 77.9 Å². The molecule has 2 aliphatic carbocycles. The van der Waals surface area contributed by atoms with E-state index in [-0.39, 0.29) is 60.9 Å². The van der Waals surface area contributed by atoms with Crippen LogP contribution in [-0.2, 0) is 19.2 Å². The van der Waals surface area contributed by atoms with Gasteiger partial charge in [-0.1, -0.05) is 36.4 Å². The number of hydrogen-bond acceptors (Lipinski definition) is 8. The van der Waals surface area contributed by atoms with Crippen LogP contribution in [0.2, 0.25) is 0 Å². The number of aryl methyl sites for hydroxylation is 4. The summed E-state index contributed by atoms with van der Waals surface area (Å²) in [7, 11) is 0. The number of carbonyl (C=O) groups excluding carboxylic acids is 4. The number of nitrogens with one attached hydrogen (secondary N) is 2. The molecule has 1 spiro atoms. The van der Waals surface area contributed by atoms with Gasteiger partial charge in [0.15, 0.2) is 23.1 Å². The first-order valence-corrected chi connectivity index (χ1v) is 14.4. The topological polar surface area (TPSA) is 111 Å². The molecule has 220 valence electrons. The van der Waals surface area contributed by atoms with E-state index in [0.29, 0.717) is 13.2 Å². The number of benzene rings is 2. The van der Waals surface area contributed by atoms with Gasteiger partial charge in [0.05, 0.1) is 0 Å². The van der Waals surface area contributed by atoms with Crippen molar-refractivity contribution in [1.29, 1.82) is 0 Å². The molecular weight excluding hydrogens is 520 g/mol. The smallest absolute Gasteiger partial charge is 0.157 e. The third kappa shape index (κ3) is 7.11. The van der Waals surface area contributed by atoms with Crippen LogP contribution in [-0.4, -0.2) is 60.5 Å². The number of ether oxygens (including phenoxy) is 2. The van der Waals surface area contributed by atoms with Crippen LogP contribution in [0.3, 0.4) is 0 Å². The van der Waals surface area contributed by atoms with Crippen molar-refractivity contribution in [3.63, 3.8) is 0 Å². The Morgan fingerprint density at radius 2 is 0.927 bits per heavy atom. The zero-order chi connectivity index (χ0) is 29.9. The van der Waals surface area contributed by atoms with Gasteiger partial charge in [-0.05, 0) is 69.2 Å². The van der Waals surface area contributed by atoms with E-state index in [4.69, 9.17) is 9.47 Å². The maximum atomic E-state index is 13.2. The van der Waals surface area contributed by atoms with Crippen molar-refractivity contribution in [2.24, 2.45) is 5.41 Å². The molecular formula is C33H42N2O6. The maximum Gasteiger partial charge on any atom is 0.157 e. The van der Waals surface area contributed by atoms with Crippen molar-refractivity contribution in [2.45, 2.75) is 91.4 Å². The SMILES string of the molecule is Cc1cccc(C)c1OCC(C)NC1C(=O)CC2(CC1=O)CC(=O)C(NC(C)COc1c(C)cccc1C)C(=O)C2. The fourth-order valence-corrected chi connectivity index (χ4v) is 6.13.